The SMILES string of the molecule is NC(=O)c1ccc(C(N)=O)c([N+](=O)[O-])c1-c1ccc(-c2ccccc2F)nc1. The van der Waals surface area contributed by atoms with Crippen molar-refractivity contribution in [2.45, 2.75) is 0 Å². The number of carbonyl (C=O) groups is 2. The van der Waals surface area contributed by atoms with E-state index < -0.39 is 28.2 Å². The number of hydrogen-bond donors (Lipinski definition) is 2. The number of amides is 2. The molecular formula is C19H13FN4O4. The number of carbonyl (C=O) groups excluding carboxylic acids is 2. The van der Waals surface area contributed by atoms with Crippen molar-refractivity contribution in [3.63, 3.8) is 0 Å². The largest absolute Gasteiger partial charge is 0.366 e. The quantitative estimate of drug-likeness (QED) is 0.517. The summed E-state index contributed by atoms with van der Waals surface area (Å²) >= 11 is 0. The van der Waals surface area contributed by atoms with Gasteiger partial charge in [-0.25, -0.2) is 4.39 Å². The van der Waals surface area contributed by atoms with E-state index in [2.05, 4.69) is 4.98 Å². The molecule has 3 rings (SSSR count). The first-order chi connectivity index (χ1) is 13.3. The number of benzene rings is 2. The van der Waals surface area contributed by atoms with Crippen molar-refractivity contribution < 1.29 is 18.9 Å². The van der Waals surface area contributed by atoms with Gasteiger partial charge in [-0.2, -0.15) is 0 Å². The fraction of sp³-hybridized carbons (Fsp3) is 0. The molecule has 0 bridgehead atoms. The van der Waals surface area contributed by atoms with Gasteiger partial charge in [0.25, 0.3) is 11.6 Å². The third-order valence-corrected chi connectivity index (χ3v) is 4.09. The van der Waals surface area contributed by atoms with Crippen LogP contribution in [0.1, 0.15) is 20.7 Å². The van der Waals surface area contributed by atoms with E-state index in [9.17, 15) is 24.1 Å². The Hall–Kier alpha value is -4.14. The van der Waals surface area contributed by atoms with Crippen molar-refractivity contribution in [2.24, 2.45) is 11.5 Å². The Bertz CT molecular complexity index is 1110. The highest BCUT2D eigenvalue weighted by Gasteiger charge is 2.29. The lowest BCUT2D eigenvalue weighted by molar-refractivity contribution is -0.384. The predicted molar refractivity (Wildman–Crippen MR) is 98.8 cm³/mol. The fourth-order valence-corrected chi connectivity index (χ4v) is 2.85. The van der Waals surface area contributed by atoms with E-state index in [-0.39, 0.29) is 33.5 Å². The molecule has 0 aliphatic heterocycles. The van der Waals surface area contributed by atoms with Gasteiger partial charge in [0.15, 0.2) is 0 Å². The van der Waals surface area contributed by atoms with Gasteiger partial charge in [0, 0.05) is 17.3 Å². The van der Waals surface area contributed by atoms with Gasteiger partial charge in [-0.15, -0.1) is 0 Å². The first-order valence-electron chi connectivity index (χ1n) is 7.93. The standard InChI is InChI=1S/C19H13FN4O4/c20-14-4-2-1-3-11(14)15-8-5-10(9-23-15)16-12(18(21)25)6-7-13(19(22)26)17(16)24(27)28/h1-9H,(H2,21,25)(H2,22,26). The van der Waals surface area contributed by atoms with E-state index in [1.807, 2.05) is 0 Å². The fourth-order valence-electron chi connectivity index (χ4n) is 2.85. The maximum Gasteiger partial charge on any atom is 0.290 e. The van der Waals surface area contributed by atoms with E-state index in [0.29, 0.717) is 0 Å². The zero-order chi connectivity index (χ0) is 20.4. The van der Waals surface area contributed by atoms with Crippen LogP contribution in [-0.4, -0.2) is 21.7 Å². The van der Waals surface area contributed by atoms with Crippen LogP contribution in [0.2, 0.25) is 0 Å². The van der Waals surface area contributed by atoms with Crippen LogP contribution in [0.15, 0.2) is 54.7 Å². The summed E-state index contributed by atoms with van der Waals surface area (Å²) in [4.78, 5) is 38.3. The van der Waals surface area contributed by atoms with Crippen LogP contribution in [0.3, 0.4) is 0 Å². The smallest absolute Gasteiger partial charge is 0.290 e. The monoisotopic (exact) mass is 380 g/mol. The van der Waals surface area contributed by atoms with E-state index in [1.54, 1.807) is 6.07 Å². The van der Waals surface area contributed by atoms with Crippen molar-refractivity contribution in [2.75, 3.05) is 0 Å². The van der Waals surface area contributed by atoms with Gasteiger partial charge in [-0.05, 0) is 30.3 Å². The second kappa shape index (κ2) is 7.23. The topological polar surface area (TPSA) is 142 Å². The second-order valence-corrected chi connectivity index (χ2v) is 5.78. The third-order valence-electron chi connectivity index (χ3n) is 4.09. The molecule has 2 aromatic carbocycles. The van der Waals surface area contributed by atoms with Gasteiger partial charge >= 0.3 is 0 Å². The molecule has 1 aromatic heterocycles. The number of hydrogen-bond acceptors (Lipinski definition) is 5. The Morgan fingerprint density at radius 2 is 1.61 bits per heavy atom. The molecule has 0 saturated carbocycles. The number of primary amides is 2. The average molecular weight is 380 g/mol. The average Bonchev–Trinajstić information content (AvgIpc) is 2.67. The number of nitro benzene ring substituents is 1. The predicted octanol–water partition coefficient (Wildman–Crippen LogP) is 2.66. The van der Waals surface area contributed by atoms with E-state index >= 15 is 0 Å². The summed E-state index contributed by atoms with van der Waals surface area (Å²) in [5.41, 5.74) is 9.88. The molecule has 8 nitrogen and oxygen atoms in total. The minimum atomic E-state index is -1.03. The molecule has 0 atom stereocenters. The Morgan fingerprint density at radius 1 is 0.964 bits per heavy atom. The molecule has 0 spiro atoms. The molecule has 28 heavy (non-hydrogen) atoms. The summed E-state index contributed by atoms with van der Waals surface area (Å²) in [6.45, 7) is 0. The minimum Gasteiger partial charge on any atom is -0.366 e. The molecule has 4 N–H and O–H groups in total. The summed E-state index contributed by atoms with van der Waals surface area (Å²) in [7, 11) is 0. The minimum absolute atomic E-state index is 0.156. The van der Waals surface area contributed by atoms with Crippen LogP contribution in [0.5, 0.6) is 0 Å². The van der Waals surface area contributed by atoms with Crippen molar-refractivity contribution in [3.8, 4) is 22.4 Å². The summed E-state index contributed by atoms with van der Waals surface area (Å²) in [6.07, 6.45) is 1.24. The van der Waals surface area contributed by atoms with Gasteiger partial charge < -0.3 is 11.5 Å². The molecule has 0 unspecified atom stereocenters. The second-order valence-electron chi connectivity index (χ2n) is 5.78. The highest BCUT2D eigenvalue weighted by Crippen LogP contribution is 2.36. The summed E-state index contributed by atoms with van der Waals surface area (Å²) < 4.78 is 13.9. The molecule has 3 aromatic rings. The highest BCUT2D eigenvalue weighted by atomic mass is 19.1. The van der Waals surface area contributed by atoms with E-state index in [0.717, 1.165) is 6.07 Å². The Morgan fingerprint density at radius 3 is 2.14 bits per heavy atom. The normalized spacial score (nSPS) is 10.5. The number of nitrogens with zero attached hydrogens (tertiary/aromatic N) is 2. The molecule has 0 aliphatic rings. The Labute approximate surface area is 157 Å². The van der Waals surface area contributed by atoms with Crippen LogP contribution in [0, 0.1) is 15.9 Å². The van der Waals surface area contributed by atoms with Crippen LogP contribution in [-0.2, 0) is 0 Å². The Balaban J connectivity index is 2.24. The molecular weight excluding hydrogens is 367 g/mol. The molecule has 0 saturated heterocycles. The molecule has 0 fully saturated rings. The molecule has 2 amide bonds. The van der Waals surface area contributed by atoms with Crippen molar-refractivity contribution in [1.82, 2.24) is 4.98 Å². The van der Waals surface area contributed by atoms with Gasteiger partial charge in [0.05, 0.1) is 21.7 Å². The van der Waals surface area contributed by atoms with Gasteiger partial charge in [0.2, 0.25) is 5.91 Å². The van der Waals surface area contributed by atoms with Gasteiger partial charge in [-0.3, -0.25) is 24.7 Å². The number of pyridine rings is 1. The maximum absolute atomic E-state index is 13.9. The molecule has 1 heterocycles. The highest BCUT2D eigenvalue weighted by molar-refractivity contribution is 6.07. The van der Waals surface area contributed by atoms with E-state index in [4.69, 9.17) is 11.5 Å². The molecule has 140 valence electrons. The van der Waals surface area contributed by atoms with E-state index in [1.165, 1.54) is 42.6 Å². The molecule has 0 radical (unpaired) electrons. The number of halogens is 1. The van der Waals surface area contributed by atoms with Crippen LogP contribution in [0.25, 0.3) is 22.4 Å². The van der Waals surface area contributed by atoms with Crippen LogP contribution in [0.4, 0.5) is 10.1 Å². The molecule has 9 heteroatoms. The van der Waals surface area contributed by atoms with Crippen molar-refractivity contribution >= 4 is 17.5 Å². The van der Waals surface area contributed by atoms with Crippen LogP contribution < -0.4 is 11.5 Å². The third kappa shape index (κ3) is 3.28. The zero-order valence-electron chi connectivity index (χ0n) is 14.3. The Kier molecular flexibility index (Phi) is 4.82. The number of aromatic nitrogens is 1. The summed E-state index contributed by atoms with van der Waals surface area (Å²) in [5, 5.41) is 11.6. The van der Waals surface area contributed by atoms with Crippen LogP contribution >= 0.6 is 0 Å². The number of nitro groups is 1. The zero-order valence-corrected chi connectivity index (χ0v) is 14.3. The first kappa shape index (κ1) is 18.6. The summed E-state index contributed by atoms with van der Waals surface area (Å²) in [5.74, 6) is -2.44. The summed E-state index contributed by atoms with van der Waals surface area (Å²) in [6, 6.07) is 11.1. The lowest BCUT2D eigenvalue weighted by Gasteiger charge is -2.11. The first-order valence-corrected chi connectivity index (χ1v) is 7.93. The lowest BCUT2D eigenvalue weighted by Crippen LogP contribution is -2.18. The van der Waals surface area contributed by atoms with Crippen molar-refractivity contribution in [3.05, 3.63) is 81.8 Å². The lowest BCUT2D eigenvalue weighted by atomic mass is 9.94. The number of nitrogens with two attached hydrogens (primary N) is 2. The number of rotatable bonds is 5. The maximum atomic E-state index is 13.9. The van der Waals surface area contributed by atoms with Gasteiger partial charge in [-0.1, -0.05) is 18.2 Å². The van der Waals surface area contributed by atoms with Gasteiger partial charge in [0.1, 0.15) is 11.4 Å². The molecule has 0 aliphatic carbocycles. The van der Waals surface area contributed by atoms with Crippen molar-refractivity contribution in [1.29, 1.82) is 0 Å².